The highest BCUT2D eigenvalue weighted by atomic mass is 35.5. The topological polar surface area (TPSA) is 70.9 Å². The minimum Gasteiger partial charge on any atom is -0.489 e. The average molecular weight is 353 g/mol. The van der Waals surface area contributed by atoms with Crippen LogP contribution in [0.5, 0.6) is 5.75 Å². The number of nitrogens with one attached hydrogen (secondary N) is 1. The molecule has 0 bridgehead atoms. The molecular formula is C16H14Cl2N2O3. The van der Waals surface area contributed by atoms with Gasteiger partial charge in [-0.05, 0) is 42.0 Å². The van der Waals surface area contributed by atoms with E-state index in [9.17, 15) is 4.79 Å². The first-order valence-corrected chi connectivity index (χ1v) is 7.43. The molecule has 23 heavy (non-hydrogen) atoms. The Bertz CT molecular complexity index is 703. The Morgan fingerprint density at radius 2 is 1.96 bits per heavy atom. The second-order valence-electron chi connectivity index (χ2n) is 4.54. The van der Waals surface area contributed by atoms with Gasteiger partial charge in [0.2, 0.25) is 0 Å². The number of nitrogens with zero attached hydrogens (tertiary/aromatic N) is 1. The largest absolute Gasteiger partial charge is 0.489 e. The first-order valence-electron chi connectivity index (χ1n) is 6.68. The van der Waals surface area contributed by atoms with E-state index in [0.717, 1.165) is 11.1 Å². The van der Waals surface area contributed by atoms with E-state index in [-0.39, 0.29) is 0 Å². The van der Waals surface area contributed by atoms with Crippen LogP contribution in [0.1, 0.15) is 11.1 Å². The smallest absolute Gasteiger partial charge is 0.265 e. The van der Waals surface area contributed by atoms with Crippen molar-refractivity contribution >= 4 is 35.3 Å². The summed E-state index contributed by atoms with van der Waals surface area (Å²) in [6.07, 6.45) is 1.47. The van der Waals surface area contributed by atoms with Crippen molar-refractivity contribution in [2.75, 3.05) is 6.61 Å². The molecule has 0 aliphatic carbocycles. The number of hydrazone groups is 1. The third kappa shape index (κ3) is 5.56. The van der Waals surface area contributed by atoms with Crippen molar-refractivity contribution in [2.45, 2.75) is 6.61 Å². The lowest BCUT2D eigenvalue weighted by Crippen LogP contribution is -2.20. The number of hydrogen-bond donors (Lipinski definition) is 2. The van der Waals surface area contributed by atoms with Crippen LogP contribution in [0.2, 0.25) is 10.0 Å². The maximum Gasteiger partial charge on any atom is 0.265 e. The number of carbonyl (C=O) groups excluding carboxylic acids is 1. The molecule has 0 unspecified atom stereocenters. The number of halogens is 2. The number of benzene rings is 2. The van der Waals surface area contributed by atoms with Crippen LogP contribution in [-0.2, 0) is 11.4 Å². The molecule has 0 aliphatic heterocycles. The molecule has 0 heterocycles. The third-order valence-corrected chi connectivity index (χ3v) is 3.42. The van der Waals surface area contributed by atoms with E-state index >= 15 is 0 Å². The zero-order valence-corrected chi connectivity index (χ0v) is 13.5. The first kappa shape index (κ1) is 17.3. The standard InChI is InChI=1S/C16H14Cl2N2O3/c17-13-4-3-12(15(18)7-13)10-23-14-5-1-11(2-6-14)8-19-20-16(22)9-21/h1-8,21H,9-10H2,(H,20,22). The van der Waals surface area contributed by atoms with Crippen molar-refractivity contribution in [2.24, 2.45) is 5.10 Å². The number of carbonyl (C=O) groups is 1. The Morgan fingerprint density at radius 1 is 1.22 bits per heavy atom. The van der Waals surface area contributed by atoms with Crippen LogP contribution in [-0.4, -0.2) is 23.8 Å². The van der Waals surface area contributed by atoms with Gasteiger partial charge in [-0.2, -0.15) is 5.10 Å². The van der Waals surface area contributed by atoms with E-state index in [1.807, 2.05) is 6.07 Å². The van der Waals surface area contributed by atoms with E-state index in [1.54, 1.807) is 36.4 Å². The maximum absolute atomic E-state index is 10.8. The van der Waals surface area contributed by atoms with Gasteiger partial charge in [0, 0.05) is 15.6 Å². The first-order chi connectivity index (χ1) is 11.1. The van der Waals surface area contributed by atoms with E-state index in [1.165, 1.54) is 6.21 Å². The molecule has 0 aliphatic rings. The van der Waals surface area contributed by atoms with E-state index in [0.29, 0.717) is 22.4 Å². The van der Waals surface area contributed by atoms with E-state index in [2.05, 4.69) is 10.5 Å². The van der Waals surface area contributed by atoms with Crippen molar-refractivity contribution in [1.82, 2.24) is 5.43 Å². The molecule has 0 saturated carbocycles. The average Bonchev–Trinajstić information content (AvgIpc) is 2.55. The lowest BCUT2D eigenvalue weighted by Gasteiger charge is -2.08. The second kappa shape index (κ2) is 8.53. The Labute approximate surface area is 143 Å². The van der Waals surface area contributed by atoms with Crippen LogP contribution in [0.25, 0.3) is 0 Å². The zero-order valence-electron chi connectivity index (χ0n) is 12.0. The fraction of sp³-hybridized carbons (Fsp3) is 0.125. The highest BCUT2D eigenvalue weighted by Crippen LogP contribution is 2.22. The zero-order chi connectivity index (χ0) is 16.7. The number of amides is 1. The number of aliphatic hydroxyl groups is 1. The fourth-order valence-corrected chi connectivity index (χ4v) is 2.13. The van der Waals surface area contributed by atoms with Crippen LogP contribution < -0.4 is 10.2 Å². The minimum atomic E-state index is -0.600. The molecule has 2 aromatic carbocycles. The van der Waals surface area contributed by atoms with Crippen molar-refractivity contribution in [1.29, 1.82) is 0 Å². The lowest BCUT2D eigenvalue weighted by atomic mass is 10.2. The molecule has 2 rings (SSSR count). The SMILES string of the molecule is O=C(CO)NN=Cc1ccc(OCc2ccc(Cl)cc2Cl)cc1. The van der Waals surface area contributed by atoms with Gasteiger partial charge in [-0.15, -0.1) is 0 Å². The molecule has 0 saturated heterocycles. The van der Waals surface area contributed by atoms with Gasteiger partial charge in [-0.25, -0.2) is 5.43 Å². The van der Waals surface area contributed by atoms with Gasteiger partial charge in [-0.3, -0.25) is 4.79 Å². The van der Waals surface area contributed by atoms with Crippen LogP contribution in [0.3, 0.4) is 0 Å². The monoisotopic (exact) mass is 352 g/mol. The Morgan fingerprint density at radius 3 is 2.61 bits per heavy atom. The number of ether oxygens (including phenoxy) is 1. The molecule has 1 amide bonds. The Balaban J connectivity index is 1.91. The normalized spacial score (nSPS) is 10.7. The van der Waals surface area contributed by atoms with Crippen molar-refractivity contribution in [3.05, 3.63) is 63.6 Å². The summed E-state index contributed by atoms with van der Waals surface area (Å²) in [4.78, 5) is 10.8. The van der Waals surface area contributed by atoms with Gasteiger partial charge in [0.05, 0.1) is 6.21 Å². The molecule has 5 nitrogen and oxygen atoms in total. The third-order valence-electron chi connectivity index (χ3n) is 2.84. The molecule has 0 radical (unpaired) electrons. The summed E-state index contributed by atoms with van der Waals surface area (Å²) in [7, 11) is 0. The lowest BCUT2D eigenvalue weighted by molar-refractivity contribution is -0.123. The van der Waals surface area contributed by atoms with Crippen LogP contribution >= 0.6 is 23.2 Å². The van der Waals surface area contributed by atoms with Gasteiger partial charge < -0.3 is 9.84 Å². The van der Waals surface area contributed by atoms with Crippen LogP contribution in [0, 0.1) is 0 Å². The molecule has 0 aromatic heterocycles. The highest BCUT2D eigenvalue weighted by molar-refractivity contribution is 6.35. The maximum atomic E-state index is 10.8. The quantitative estimate of drug-likeness (QED) is 0.620. The Kier molecular flexibility index (Phi) is 6.40. The summed E-state index contributed by atoms with van der Waals surface area (Å²) in [5.41, 5.74) is 3.80. The predicted molar refractivity (Wildman–Crippen MR) is 90.1 cm³/mol. The summed E-state index contributed by atoms with van der Waals surface area (Å²) >= 11 is 11.9. The molecule has 0 spiro atoms. The van der Waals surface area contributed by atoms with E-state index in [4.69, 9.17) is 33.0 Å². The highest BCUT2D eigenvalue weighted by Gasteiger charge is 2.02. The summed E-state index contributed by atoms with van der Waals surface area (Å²) in [6.45, 7) is -0.270. The van der Waals surface area contributed by atoms with Crippen LogP contribution in [0.4, 0.5) is 0 Å². The van der Waals surface area contributed by atoms with Crippen molar-refractivity contribution in [3.63, 3.8) is 0 Å². The van der Waals surface area contributed by atoms with Gasteiger partial charge in [-0.1, -0.05) is 29.3 Å². The Hall–Kier alpha value is -2.08. The number of aliphatic hydroxyl groups excluding tert-OH is 1. The molecule has 120 valence electrons. The van der Waals surface area contributed by atoms with Crippen molar-refractivity contribution < 1.29 is 14.6 Å². The van der Waals surface area contributed by atoms with Crippen LogP contribution in [0.15, 0.2) is 47.6 Å². The second-order valence-corrected chi connectivity index (χ2v) is 5.39. The van der Waals surface area contributed by atoms with Gasteiger partial charge >= 0.3 is 0 Å². The summed E-state index contributed by atoms with van der Waals surface area (Å²) in [5, 5.41) is 13.4. The molecular weight excluding hydrogens is 339 g/mol. The van der Waals surface area contributed by atoms with Gasteiger partial charge in [0.1, 0.15) is 19.0 Å². The summed E-state index contributed by atoms with van der Waals surface area (Å²) in [5.74, 6) is 0.105. The molecule has 2 aromatic rings. The fourth-order valence-electron chi connectivity index (χ4n) is 1.66. The van der Waals surface area contributed by atoms with E-state index < -0.39 is 12.5 Å². The molecule has 2 N–H and O–H groups in total. The molecule has 0 atom stereocenters. The number of hydrogen-bond acceptors (Lipinski definition) is 4. The molecule has 0 fully saturated rings. The van der Waals surface area contributed by atoms with Gasteiger partial charge in [0.15, 0.2) is 0 Å². The molecule has 7 heteroatoms. The predicted octanol–water partition coefficient (Wildman–Crippen LogP) is 3.01. The number of rotatable bonds is 6. The summed E-state index contributed by atoms with van der Waals surface area (Å²) in [6, 6.07) is 12.4. The van der Waals surface area contributed by atoms with Gasteiger partial charge in [0.25, 0.3) is 5.91 Å². The summed E-state index contributed by atoms with van der Waals surface area (Å²) < 4.78 is 5.65. The minimum absolute atomic E-state index is 0.329. The van der Waals surface area contributed by atoms with Crippen molar-refractivity contribution in [3.8, 4) is 5.75 Å².